The lowest BCUT2D eigenvalue weighted by molar-refractivity contribution is -0.479. The lowest BCUT2D eigenvalue weighted by Crippen LogP contribution is -2.11. The van der Waals surface area contributed by atoms with Crippen LogP contribution in [0.15, 0.2) is 82.4 Å². The zero-order valence-electron chi connectivity index (χ0n) is 18.1. The van der Waals surface area contributed by atoms with Gasteiger partial charge in [-0.2, -0.15) is 0 Å². The summed E-state index contributed by atoms with van der Waals surface area (Å²) in [6.07, 6.45) is 0. The van der Waals surface area contributed by atoms with Crippen LogP contribution in [0.1, 0.15) is 22.2 Å². The Kier molecular flexibility index (Phi) is 7.59. The molecule has 0 N–H and O–H groups in total. The fraction of sp³-hybridized carbons (Fsp3) is 0.167. The molecule has 174 valence electrons. The first-order valence-electron chi connectivity index (χ1n) is 10.3. The average Bonchev–Trinajstić information content (AvgIpc) is 3.19. The second-order valence-corrected chi connectivity index (χ2v) is 9.45. The van der Waals surface area contributed by atoms with E-state index >= 15 is 0 Å². The van der Waals surface area contributed by atoms with Gasteiger partial charge in [0.2, 0.25) is 6.54 Å². The third-order valence-corrected chi connectivity index (χ3v) is 6.81. The number of nitrogens with zero attached hydrogens (tertiary/aromatic N) is 4. The summed E-state index contributed by atoms with van der Waals surface area (Å²) in [5.41, 5.74) is 2.47. The molecule has 4 aromatic rings. The SMILES string of the molecule is Cc1nnc(S[C@H](C[N+](=O)[O-])c2ccc(OCc3ccc(F)cc3)c(Br)c2)n1-c1ccccc1. The minimum Gasteiger partial charge on any atom is -0.488 e. The topological polar surface area (TPSA) is 83.1 Å². The summed E-state index contributed by atoms with van der Waals surface area (Å²) in [4.78, 5) is 11.1. The first kappa shape index (κ1) is 23.9. The van der Waals surface area contributed by atoms with E-state index in [1.165, 1.54) is 23.9 Å². The molecule has 4 rings (SSSR count). The van der Waals surface area contributed by atoms with Gasteiger partial charge >= 0.3 is 0 Å². The number of thioether (sulfide) groups is 1. The molecule has 7 nitrogen and oxygen atoms in total. The highest BCUT2D eigenvalue weighted by Crippen LogP contribution is 2.38. The highest BCUT2D eigenvalue weighted by atomic mass is 79.9. The van der Waals surface area contributed by atoms with Gasteiger partial charge in [0.25, 0.3) is 0 Å². The molecule has 10 heteroatoms. The fourth-order valence-corrected chi connectivity index (χ4v) is 5.02. The van der Waals surface area contributed by atoms with Crippen LogP contribution in [0, 0.1) is 22.9 Å². The molecule has 3 aromatic carbocycles. The van der Waals surface area contributed by atoms with Crippen LogP contribution >= 0.6 is 27.7 Å². The van der Waals surface area contributed by atoms with Gasteiger partial charge in [-0.15, -0.1) is 10.2 Å². The molecule has 1 atom stereocenters. The zero-order chi connectivity index (χ0) is 24.1. The largest absolute Gasteiger partial charge is 0.488 e. The summed E-state index contributed by atoms with van der Waals surface area (Å²) in [7, 11) is 0. The van der Waals surface area contributed by atoms with E-state index in [9.17, 15) is 14.5 Å². The van der Waals surface area contributed by atoms with Gasteiger partial charge in [-0.25, -0.2) is 4.39 Å². The first-order valence-corrected chi connectivity index (χ1v) is 12.0. The molecule has 0 spiro atoms. The van der Waals surface area contributed by atoms with Crippen LogP contribution in [0.25, 0.3) is 5.69 Å². The molecule has 0 saturated carbocycles. The molecule has 0 bridgehead atoms. The smallest absolute Gasteiger partial charge is 0.220 e. The van der Waals surface area contributed by atoms with Crippen LogP contribution in [0.2, 0.25) is 0 Å². The van der Waals surface area contributed by atoms with Gasteiger partial charge in [0.1, 0.15) is 29.2 Å². The quantitative estimate of drug-likeness (QED) is 0.143. The normalized spacial score (nSPS) is 11.9. The Hall–Kier alpha value is -3.24. The van der Waals surface area contributed by atoms with Crippen molar-refractivity contribution in [2.24, 2.45) is 0 Å². The second kappa shape index (κ2) is 10.8. The number of para-hydroxylation sites is 1. The van der Waals surface area contributed by atoms with Crippen LogP contribution in [0.3, 0.4) is 0 Å². The summed E-state index contributed by atoms with van der Waals surface area (Å²) in [5.74, 6) is 0.974. The van der Waals surface area contributed by atoms with Gasteiger partial charge in [-0.1, -0.05) is 48.2 Å². The summed E-state index contributed by atoms with van der Waals surface area (Å²) in [6, 6.07) is 21.1. The Morgan fingerprint density at radius 1 is 1.12 bits per heavy atom. The molecule has 0 amide bonds. The van der Waals surface area contributed by atoms with Gasteiger partial charge in [-0.05, 0) is 70.4 Å². The van der Waals surface area contributed by atoms with E-state index in [0.717, 1.165) is 16.8 Å². The maximum Gasteiger partial charge on any atom is 0.220 e. The number of nitro groups is 1. The van der Waals surface area contributed by atoms with E-state index in [2.05, 4.69) is 26.1 Å². The lowest BCUT2D eigenvalue weighted by Gasteiger charge is -2.16. The molecule has 0 aliphatic carbocycles. The van der Waals surface area contributed by atoms with Crippen LogP contribution in [0.4, 0.5) is 4.39 Å². The van der Waals surface area contributed by atoms with E-state index < -0.39 is 5.25 Å². The van der Waals surface area contributed by atoms with Gasteiger partial charge < -0.3 is 4.74 Å². The zero-order valence-corrected chi connectivity index (χ0v) is 20.5. The average molecular weight is 543 g/mol. The van der Waals surface area contributed by atoms with Gasteiger partial charge in [0.15, 0.2) is 5.16 Å². The minimum absolute atomic E-state index is 0.269. The summed E-state index contributed by atoms with van der Waals surface area (Å²) in [6.45, 7) is 1.83. The van der Waals surface area contributed by atoms with Crippen LogP contribution in [0.5, 0.6) is 5.75 Å². The molecular formula is C24H20BrFN4O3S. The summed E-state index contributed by atoms with van der Waals surface area (Å²) < 4.78 is 21.5. The minimum atomic E-state index is -0.497. The number of halogens is 2. The maximum absolute atomic E-state index is 13.1. The van der Waals surface area contributed by atoms with Crippen molar-refractivity contribution < 1.29 is 14.1 Å². The van der Waals surface area contributed by atoms with Crippen molar-refractivity contribution in [2.45, 2.75) is 23.9 Å². The van der Waals surface area contributed by atoms with Crippen molar-refractivity contribution in [3.05, 3.63) is 110 Å². The molecule has 0 aliphatic heterocycles. The Morgan fingerprint density at radius 3 is 2.53 bits per heavy atom. The predicted octanol–water partition coefficient (Wildman–Crippen LogP) is 6.17. The van der Waals surface area contributed by atoms with E-state index in [-0.39, 0.29) is 23.9 Å². The Bertz CT molecular complexity index is 1290. The third kappa shape index (κ3) is 5.81. The maximum atomic E-state index is 13.1. The summed E-state index contributed by atoms with van der Waals surface area (Å²) >= 11 is 4.80. The van der Waals surface area contributed by atoms with E-state index in [0.29, 0.717) is 21.2 Å². The molecule has 0 unspecified atom stereocenters. The third-order valence-electron chi connectivity index (χ3n) is 5.01. The second-order valence-electron chi connectivity index (χ2n) is 7.43. The summed E-state index contributed by atoms with van der Waals surface area (Å²) in [5, 5.41) is 20.0. The van der Waals surface area contributed by atoms with Crippen molar-refractivity contribution in [1.29, 1.82) is 0 Å². The molecule has 34 heavy (non-hydrogen) atoms. The molecule has 1 aromatic heterocycles. The van der Waals surface area contributed by atoms with Gasteiger partial charge in [0.05, 0.1) is 4.47 Å². The Balaban J connectivity index is 1.56. The molecular weight excluding hydrogens is 523 g/mol. The molecule has 0 radical (unpaired) electrons. The Labute approximate surface area is 208 Å². The first-order chi connectivity index (χ1) is 16.4. The van der Waals surface area contributed by atoms with Crippen LogP contribution in [-0.4, -0.2) is 26.2 Å². The Morgan fingerprint density at radius 2 is 1.85 bits per heavy atom. The number of hydrogen-bond acceptors (Lipinski definition) is 6. The fourth-order valence-electron chi connectivity index (χ4n) is 3.34. The van der Waals surface area contributed by atoms with Gasteiger partial charge in [0, 0.05) is 10.6 Å². The molecule has 0 saturated heterocycles. The standard InChI is InChI=1S/C24H20BrFN4O3S/c1-16-27-28-24(30(16)20-5-3-2-4-6-20)34-23(14-29(31)32)18-9-12-22(21(25)13-18)33-15-17-7-10-19(26)11-8-17/h2-13,23H,14-15H2,1H3/t23-/m1/s1. The van der Waals surface area contributed by atoms with Crippen LogP contribution < -0.4 is 4.74 Å². The number of ether oxygens (including phenoxy) is 1. The van der Waals surface area contributed by atoms with Crippen molar-refractivity contribution in [3.8, 4) is 11.4 Å². The van der Waals surface area contributed by atoms with Crippen molar-refractivity contribution in [1.82, 2.24) is 14.8 Å². The number of benzene rings is 3. The van der Waals surface area contributed by atoms with Crippen LogP contribution in [-0.2, 0) is 6.61 Å². The van der Waals surface area contributed by atoms with E-state index in [1.807, 2.05) is 54.0 Å². The van der Waals surface area contributed by atoms with Crippen molar-refractivity contribution in [2.75, 3.05) is 6.54 Å². The lowest BCUT2D eigenvalue weighted by atomic mass is 10.1. The number of aromatic nitrogens is 3. The number of aryl methyl sites for hydroxylation is 1. The van der Waals surface area contributed by atoms with E-state index in [1.54, 1.807) is 18.2 Å². The number of hydrogen-bond donors (Lipinski definition) is 0. The highest BCUT2D eigenvalue weighted by Gasteiger charge is 2.24. The molecule has 0 fully saturated rings. The molecule has 1 heterocycles. The monoisotopic (exact) mass is 542 g/mol. The molecule has 0 aliphatic rings. The highest BCUT2D eigenvalue weighted by molar-refractivity contribution is 9.10. The van der Waals surface area contributed by atoms with E-state index in [4.69, 9.17) is 4.74 Å². The van der Waals surface area contributed by atoms with Crippen molar-refractivity contribution in [3.63, 3.8) is 0 Å². The van der Waals surface area contributed by atoms with Gasteiger partial charge in [-0.3, -0.25) is 14.7 Å². The number of rotatable bonds is 9. The van der Waals surface area contributed by atoms with Crippen molar-refractivity contribution >= 4 is 27.7 Å². The predicted molar refractivity (Wildman–Crippen MR) is 131 cm³/mol.